The van der Waals surface area contributed by atoms with Gasteiger partial charge in [-0.25, -0.2) is 4.79 Å². The van der Waals surface area contributed by atoms with Gasteiger partial charge in [-0.2, -0.15) is 0 Å². The molecular weight excluding hydrogens is 246 g/mol. The monoisotopic (exact) mass is 263 g/mol. The van der Waals surface area contributed by atoms with Crippen molar-refractivity contribution >= 4 is 12.1 Å². The number of carbonyl (C=O) groups excluding carboxylic acids is 1. The Labute approximate surface area is 104 Å². The molecule has 0 rings (SSSR count). The number of nitrogens with zero attached hydrogens (tertiary/aromatic N) is 3. The zero-order valence-electron chi connectivity index (χ0n) is 10.5. The minimum absolute atomic E-state index is 0.0628. The lowest BCUT2D eigenvalue weighted by Crippen LogP contribution is -2.16. The second kappa shape index (κ2) is 9.02. The molecule has 9 heteroatoms. The molecule has 0 unspecified atom stereocenters. The van der Waals surface area contributed by atoms with Crippen molar-refractivity contribution in [3.8, 4) is 0 Å². The smallest absolute Gasteiger partial charge is 0.481 e. The van der Waals surface area contributed by atoms with Crippen LogP contribution in [0.4, 0.5) is 4.79 Å². The maximum Gasteiger partial charge on any atom is 0.511 e. The molecule has 1 N–H and O–H groups in total. The van der Waals surface area contributed by atoms with Crippen molar-refractivity contribution in [3.63, 3.8) is 0 Å². The molecule has 0 spiro atoms. The van der Waals surface area contributed by atoms with Gasteiger partial charge in [0.2, 0.25) is 0 Å². The summed E-state index contributed by atoms with van der Waals surface area (Å²) in [5, 5.41) is 16.4. The average Bonchev–Trinajstić information content (AvgIpc) is 2.24. The van der Waals surface area contributed by atoms with Crippen LogP contribution in [0.5, 0.6) is 0 Å². The number of carbonyl (C=O) groups is 2. The summed E-state index contributed by atoms with van der Waals surface area (Å²) in [5.74, 6) is -0.933. The number of ether oxygens (including phenoxy) is 2. The van der Waals surface area contributed by atoms with E-state index in [0.29, 0.717) is 0 Å². The van der Waals surface area contributed by atoms with E-state index in [4.69, 9.17) is 5.11 Å². The van der Waals surface area contributed by atoms with Crippen molar-refractivity contribution in [2.75, 3.05) is 20.4 Å². The van der Waals surface area contributed by atoms with Crippen LogP contribution in [0.2, 0.25) is 0 Å². The van der Waals surface area contributed by atoms with Crippen LogP contribution in [-0.4, -0.2) is 48.7 Å². The standard InChI is InChI=1S/C9H17N3O6/c1-7(2)18-9(15)16-6-17-11-10-12(3)5-4-8(13)14/h7H,4-6H2,1-3H3,(H,13,14)/b11-10-. The van der Waals surface area contributed by atoms with Crippen LogP contribution in [0.15, 0.2) is 10.5 Å². The summed E-state index contributed by atoms with van der Waals surface area (Å²) in [6.45, 7) is 3.12. The van der Waals surface area contributed by atoms with Gasteiger partial charge in [0.1, 0.15) is 0 Å². The van der Waals surface area contributed by atoms with Crippen LogP contribution >= 0.6 is 0 Å². The highest BCUT2D eigenvalue weighted by molar-refractivity contribution is 5.66. The molecule has 0 fully saturated rings. The van der Waals surface area contributed by atoms with Crippen molar-refractivity contribution in [2.24, 2.45) is 10.5 Å². The van der Waals surface area contributed by atoms with Gasteiger partial charge in [0.15, 0.2) is 0 Å². The van der Waals surface area contributed by atoms with Crippen LogP contribution in [0.25, 0.3) is 0 Å². The van der Waals surface area contributed by atoms with Crippen LogP contribution in [0.3, 0.4) is 0 Å². The molecule has 0 aromatic heterocycles. The molecule has 0 heterocycles. The fourth-order valence-corrected chi connectivity index (χ4v) is 0.715. The first-order valence-electron chi connectivity index (χ1n) is 5.21. The van der Waals surface area contributed by atoms with Gasteiger partial charge >= 0.3 is 12.1 Å². The Kier molecular flexibility index (Phi) is 7.99. The van der Waals surface area contributed by atoms with Crippen LogP contribution in [0.1, 0.15) is 20.3 Å². The topological polar surface area (TPSA) is 110 Å². The quantitative estimate of drug-likeness (QED) is 0.230. The third-order valence-corrected chi connectivity index (χ3v) is 1.46. The highest BCUT2D eigenvalue weighted by Gasteiger charge is 2.05. The molecule has 0 saturated carbocycles. The van der Waals surface area contributed by atoms with Gasteiger partial charge in [-0.05, 0) is 19.1 Å². The lowest BCUT2D eigenvalue weighted by atomic mass is 10.4. The Bertz CT molecular complexity index is 294. The molecule has 9 nitrogen and oxygen atoms in total. The second-order valence-electron chi connectivity index (χ2n) is 3.50. The van der Waals surface area contributed by atoms with Crippen LogP contribution in [-0.2, 0) is 19.1 Å². The van der Waals surface area contributed by atoms with Gasteiger partial charge in [0, 0.05) is 18.9 Å². The maximum absolute atomic E-state index is 10.9. The summed E-state index contributed by atoms with van der Waals surface area (Å²) in [6, 6.07) is 0. The first-order chi connectivity index (χ1) is 8.41. The normalized spacial score (nSPS) is 10.4. The van der Waals surface area contributed by atoms with Crippen molar-refractivity contribution in [1.82, 2.24) is 5.01 Å². The fourth-order valence-electron chi connectivity index (χ4n) is 0.715. The Morgan fingerprint density at radius 2 is 2.06 bits per heavy atom. The Hall–Kier alpha value is -2.06. The average molecular weight is 263 g/mol. The largest absolute Gasteiger partial charge is 0.511 e. The molecule has 18 heavy (non-hydrogen) atoms. The number of hydrogen-bond donors (Lipinski definition) is 1. The molecule has 0 aliphatic heterocycles. The lowest BCUT2D eigenvalue weighted by molar-refractivity contribution is -0.137. The van der Waals surface area contributed by atoms with E-state index in [-0.39, 0.29) is 19.1 Å². The number of carboxylic acids is 1. The summed E-state index contributed by atoms with van der Waals surface area (Å²) in [4.78, 5) is 25.6. The molecule has 104 valence electrons. The Morgan fingerprint density at radius 1 is 1.39 bits per heavy atom. The highest BCUT2D eigenvalue weighted by Crippen LogP contribution is 1.94. The van der Waals surface area contributed by atoms with Crippen LogP contribution in [0, 0.1) is 0 Å². The minimum atomic E-state index is -0.933. The molecule has 0 atom stereocenters. The highest BCUT2D eigenvalue weighted by atomic mass is 16.8. The second-order valence-corrected chi connectivity index (χ2v) is 3.50. The van der Waals surface area contributed by atoms with Gasteiger partial charge in [-0.3, -0.25) is 9.80 Å². The van der Waals surface area contributed by atoms with E-state index in [9.17, 15) is 9.59 Å². The molecule has 0 radical (unpaired) electrons. The molecule has 0 bridgehead atoms. The first kappa shape index (κ1) is 15.9. The Morgan fingerprint density at radius 3 is 2.61 bits per heavy atom. The summed E-state index contributed by atoms with van der Waals surface area (Å²) in [7, 11) is 1.53. The van der Waals surface area contributed by atoms with Gasteiger partial charge in [0.05, 0.1) is 12.5 Å². The Balaban J connectivity index is 3.58. The summed E-state index contributed by atoms with van der Waals surface area (Å²) >= 11 is 0. The summed E-state index contributed by atoms with van der Waals surface area (Å²) in [6.07, 6.45) is -1.20. The van der Waals surface area contributed by atoms with Gasteiger partial charge < -0.3 is 19.4 Å². The number of carboxylic acid groups (broad SMARTS) is 1. The van der Waals surface area contributed by atoms with Crippen molar-refractivity contribution in [1.29, 1.82) is 0 Å². The lowest BCUT2D eigenvalue weighted by Gasteiger charge is -2.09. The summed E-state index contributed by atoms with van der Waals surface area (Å²) in [5.41, 5.74) is 0. The SMILES string of the molecule is CC(C)OC(=O)OCO/N=N\N(C)CCC(=O)O. The zero-order valence-corrected chi connectivity index (χ0v) is 10.5. The van der Waals surface area contributed by atoms with Gasteiger partial charge in [0.25, 0.3) is 6.79 Å². The molecule has 0 aromatic rings. The summed E-state index contributed by atoms with van der Waals surface area (Å²) < 4.78 is 9.14. The fraction of sp³-hybridized carbons (Fsp3) is 0.778. The van der Waals surface area contributed by atoms with E-state index in [1.54, 1.807) is 13.8 Å². The van der Waals surface area contributed by atoms with Crippen molar-refractivity contribution < 1.29 is 29.0 Å². The van der Waals surface area contributed by atoms with E-state index in [1.165, 1.54) is 12.1 Å². The molecule has 0 aliphatic rings. The number of hydrogen-bond acceptors (Lipinski definition) is 7. The van der Waals surface area contributed by atoms with Crippen LogP contribution < -0.4 is 0 Å². The number of aliphatic carboxylic acids is 1. The van der Waals surface area contributed by atoms with Crippen molar-refractivity contribution in [2.45, 2.75) is 26.4 Å². The van der Waals surface area contributed by atoms with E-state index in [0.717, 1.165) is 0 Å². The third-order valence-electron chi connectivity index (χ3n) is 1.46. The van der Waals surface area contributed by atoms with Gasteiger partial charge in [-0.15, -0.1) is 0 Å². The van der Waals surface area contributed by atoms with E-state index < -0.39 is 18.9 Å². The predicted molar refractivity (Wildman–Crippen MR) is 58.4 cm³/mol. The first-order valence-corrected chi connectivity index (χ1v) is 5.21. The van der Waals surface area contributed by atoms with Crippen molar-refractivity contribution in [3.05, 3.63) is 0 Å². The molecule has 0 saturated heterocycles. The number of rotatable bonds is 8. The maximum atomic E-state index is 10.9. The molecular formula is C9H17N3O6. The molecule has 0 aliphatic carbocycles. The predicted octanol–water partition coefficient (Wildman–Crippen LogP) is 1.21. The van der Waals surface area contributed by atoms with E-state index in [1.807, 2.05) is 0 Å². The van der Waals surface area contributed by atoms with E-state index >= 15 is 0 Å². The molecule has 0 aromatic carbocycles. The molecule has 0 amide bonds. The zero-order chi connectivity index (χ0) is 14.0. The third kappa shape index (κ3) is 10.5. The minimum Gasteiger partial charge on any atom is -0.481 e. The van der Waals surface area contributed by atoms with E-state index in [2.05, 4.69) is 24.8 Å². The van der Waals surface area contributed by atoms with Gasteiger partial charge in [-0.1, -0.05) is 0 Å².